The van der Waals surface area contributed by atoms with Gasteiger partial charge in [0.25, 0.3) is 0 Å². The fourth-order valence-corrected chi connectivity index (χ4v) is 2.71. The number of halogens is 1. The molecular formula is C12H23ClN2O. The molecule has 16 heavy (non-hydrogen) atoms. The Kier molecular flexibility index (Phi) is 4.24. The van der Waals surface area contributed by atoms with Crippen LogP contribution in [0.4, 0.5) is 0 Å². The molecule has 1 amide bonds. The smallest absolute Gasteiger partial charge is 0.223 e. The second-order valence-corrected chi connectivity index (χ2v) is 6.10. The van der Waals surface area contributed by atoms with Gasteiger partial charge >= 0.3 is 0 Å². The minimum atomic E-state index is 0. The molecule has 1 N–H and O–H groups in total. The van der Waals surface area contributed by atoms with Gasteiger partial charge in [0.2, 0.25) is 5.91 Å². The van der Waals surface area contributed by atoms with E-state index in [9.17, 15) is 4.79 Å². The van der Waals surface area contributed by atoms with Crippen molar-refractivity contribution in [1.29, 1.82) is 0 Å². The van der Waals surface area contributed by atoms with E-state index in [1.807, 2.05) is 0 Å². The monoisotopic (exact) mass is 246 g/mol. The van der Waals surface area contributed by atoms with Gasteiger partial charge in [0.05, 0.1) is 0 Å². The van der Waals surface area contributed by atoms with Crippen molar-refractivity contribution in [3.05, 3.63) is 0 Å². The van der Waals surface area contributed by atoms with Gasteiger partial charge in [-0.25, -0.2) is 0 Å². The largest absolute Gasteiger partial charge is 0.338 e. The number of likely N-dealkylation sites (tertiary alicyclic amines) is 1. The number of rotatable bonds is 1. The molecule has 0 bridgehead atoms. The molecule has 2 atom stereocenters. The first-order chi connectivity index (χ1) is 6.97. The van der Waals surface area contributed by atoms with Crippen LogP contribution < -0.4 is 5.32 Å². The van der Waals surface area contributed by atoms with Crippen LogP contribution in [-0.2, 0) is 4.79 Å². The number of fused-ring (bicyclic) bond motifs is 1. The van der Waals surface area contributed by atoms with E-state index in [2.05, 4.69) is 31.0 Å². The van der Waals surface area contributed by atoms with Crippen molar-refractivity contribution < 1.29 is 4.79 Å². The van der Waals surface area contributed by atoms with Gasteiger partial charge in [-0.2, -0.15) is 0 Å². The molecule has 2 saturated heterocycles. The molecule has 3 nitrogen and oxygen atoms in total. The summed E-state index contributed by atoms with van der Waals surface area (Å²) in [4.78, 5) is 14.2. The Hall–Kier alpha value is -0.280. The van der Waals surface area contributed by atoms with Crippen molar-refractivity contribution in [1.82, 2.24) is 10.2 Å². The topological polar surface area (TPSA) is 32.3 Å². The molecule has 2 aliphatic heterocycles. The maximum atomic E-state index is 12.1. The van der Waals surface area contributed by atoms with Crippen molar-refractivity contribution in [2.45, 2.75) is 39.7 Å². The van der Waals surface area contributed by atoms with Crippen molar-refractivity contribution in [2.75, 3.05) is 19.6 Å². The van der Waals surface area contributed by atoms with Crippen LogP contribution in [0, 0.1) is 11.3 Å². The molecule has 0 aromatic heterocycles. The zero-order chi connectivity index (χ0) is 11.1. The molecule has 2 rings (SSSR count). The van der Waals surface area contributed by atoms with Crippen LogP contribution in [0.3, 0.4) is 0 Å². The first kappa shape index (κ1) is 13.8. The van der Waals surface area contributed by atoms with Gasteiger partial charge in [-0.3, -0.25) is 4.79 Å². The van der Waals surface area contributed by atoms with E-state index in [-0.39, 0.29) is 17.8 Å². The normalized spacial score (nSPS) is 28.8. The maximum Gasteiger partial charge on any atom is 0.223 e. The summed E-state index contributed by atoms with van der Waals surface area (Å²) in [7, 11) is 0. The van der Waals surface area contributed by atoms with Gasteiger partial charge in [0.1, 0.15) is 0 Å². The van der Waals surface area contributed by atoms with E-state index in [4.69, 9.17) is 0 Å². The Morgan fingerprint density at radius 2 is 2.06 bits per heavy atom. The van der Waals surface area contributed by atoms with Crippen LogP contribution in [0.25, 0.3) is 0 Å². The molecule has 0 saturated carbocycles. The number of carbonyl (C=O) groups is 1. The molecule has 0 aromatic carbocycles. The highest BCUT2D eigenvalue weighted by Gasteiger charge is 2.40. The molecule has 0 radical (unpaired) electrons. The van der Waals surface area contributed by atoms with Crippen LogP contribution in [0.15, 0.2) is 0 Å². The molecule has 0 spiro atoms. The molecule has 2 fully saturated rings. The third kappa shape index (κ3) is 2.89. The van der Waals surface area contributed by atoms with E-state index >= 15 is 0 Å². The summed E-state index contributed by atoms with van der Waals surface area (Å²) in [5.41, 5.74) is 0.112. The Labute approximate surface area is 104 Å². The molecule has 2 heterocycles. The van der Waals surface area contributed by atoms with Gasteiger partial charge in [0, 0.05) is 32.1 Å². The van der Waals surface area contributed by atoms with E-state index in [1.54, 1.807) is 0 Å². The third-order valence-electron chi connectivity index (χ3n) is 3.45. The molecule has 0 unspecified atom stereocenters. The number of amides is 1. The molecular weight excluding hydrogens is 224 g/mol. The summed E-state index contributed by atoms with van der Waals surface area (Å²) in [6.45, 7) is 9.47. The van der Waals surface area contributed by atoms with Gasteiger partial charge in [-0.1, -0.05) is 20.8 Å². The first-order valence-corrected chi connectivity index (χ1v) is 5.97. The van der Waals surface area contributed by atoms with E-state index in [0.717, 1.165) is 19.6 Å². The summed E-state index contributed by atoms with van der Waals surface area (Å²) in [6.07, 6.45) is 1.86. The lowest BCUT2D eigenvalue weighted by molar-refractivity contribution is -0.133. The summed E-state index contributed by atoms with van der Waals surface area (Å²) >= 11 is 0. The first-order valence-electron chi connectivity index (χ1n) is 5.97. The number of nitrogens with one attached hydrogen (secondary N) is 1. The van der Waals surface area contributed by atoms with Crippen molar-refractivity contribution >= 4 is 18.3 Å². The Morgan fingerprint density at radius 1 is 1.38 bits per heavy atom. The minimum Gasteiger partial charge on any atom is -0.338 e. The van der Waals surface area contributed by atoms with E-state index < -0.39 is 0 Å². The molecule has 0 aliphatic carbocycles. The van der Waals surface area contributed by atoms with Gasteiger partial charge in [-0.05, 0) is 17.8 Å². The van der Waals surface area contributed by atoms with Crippen LogP contribution in [0.5, 0.6) is 0 Å². The Bertz CT molecular complexity index is 262. The highest BCUT2D eigenvalue weighted by atomic mass is 35.5. The van der Waals surface area contributed by atoms with Crippen molar-refractivity contribution in [3.8, 4) is 0 Å². The Balaban J connectivity index is 0.00000128. The van der Waals surface area contributed by atoms with Gasteiger partial charge in [0.15, 0.2) is 0 Å². The number of hydrogen-bond donors (Lipinski definition) is 1. The minimum absolute atomic E-state index is 0. The highest BCUT2D eigenvalue weighted by Crippen LogP contribution is 2.29. The lowest BCUT2D eigenvalue weighted by Crippen LogP contribution is -2.40. The average molecular weight is 247 g/mol. The summed E-state index contributed by atoms with van der Waals surface area (Å²) in [5, 5.41) is 3.38. The van der Waals surface area contributed by atoms with Crippen LogP contribution in [0.1, 0.15) is 33.6 Å². The standard InChI is InChI=1S/C12H22N2O.ClH/c1-12(2,3)6-11(15)14-5-4-9-7-13-8-10(9)14;/h9-10,13H,4-8H2,1-3H3;1H/t9-,10+;/m0./s1. The molecule has 94 valence electrons. The number of carbonyl (C=O) groups excluding carboxylic acids is 1. The average Bonchev–Trinajstić information content (AvgIpc) is 2.57. The summed E-state index contributed by atoms with van der Waals surface area (Å²) in [6, 6.07) is 0.486. The fraction of sp³-hybridized carbons (Fsp3) is 0.917. The number of hydrogen-bond acceptors (Lipinski definition) is 2. The zero-order valence-corrected chi connectivity index (χ0v) is 11.3. The number of nitrogens with zero attached hydrogens (tertiary/aromatic N) is 1. The second-order valence-electron chi connectivity index (χ2n) is 6.10. The molecule has 0 aromatic rings. The van der Waals surface area contributed by atoms with Crippen LogP contribution >= 0.6 is 12.4 Å². The van der Waals surface area contributed by atoms with Crippen molar-refractivity contribution in [3.63, 3.8) is 0 Å². The molecule has 2 aliphatic rings. The highest BCUT2D eigenvalue weighted by molar-refractivity contribution is 5.85. The van der Waals surface area contributed by atoms with E-state index in [0.29, 0.717) is 24.3 Å². The Morgan fingerprint density at radius 3 is 2.69 bits per heavy atom. The quantitative estimate of drug-likeness (QED) is 0.763. The SMILES string of the molecule is CC(C)(C)CC(=O)N1CC[C@H]2CNC[C@H]21.Cl. The van der Waals surface area contributed by atoms with Crippen LogP contribution in [-0.4, -0.2) is 36.5 Å². The predicted molar refractivity (Wildman–Crippen MR) is 67.8 cm³/mol. The molecule has 4 heteroatoms. The van der Waals surface area contributed by atoms with Gasteiger partial charge in [-0.15, -0.1) is 12.4 Å². The lowest BCUT2D eigenvalue weighted by Gasteiger charge is -2.27. The van der Waals surface area contributed by atoms with Crippen LogP contribution in [0.2, 0.25) is 0 Å². The lowest BCUT2D eigenvalue weighted by atomic mass is 9.91. The fourth-order valence-electron chi connectivity index (χ4n) is 2.71. The summed E-state index contributed by atoms with van der Waals surface area (Å²) in [5.74, 6) is 1.06. The maximum absolute atomic E-state index is 12.1. The predicted octanol–water partition coefficient (Wildman–Crippen LogP) is 1.66. The zero-order valence-electron chi connectivity index (χ0n) is 10.5. The van der Waals surface area contributed by atoms with Crippen molar-refractivity contribution in [2.24, 2.45) is 11.3 Å². The second kappa shape index (κ2) is 4.92. The summed E-state index contributed by atoms with van der Waals surface area (Å²) < 4.78 is 0. The third-order valence-corrected chi connectivity index (χ3v) is 3.45. The van der Waals surface area contributed by atoms with E-state index in [1.165, 1.54) is 6.42 Å². The van der Waals surface area contributed by atoms with Gasteiger partial charge < -0.3 is 10.2 Å².